The highest BCUT2D eigenvalue weighted by Crippen LogP contribution is 2.37. The first-order valence-corrected chi connectivity index (χ1v) is 9.70. The van der Waals surface area contributed by atoms with Gasteiger partial charge in [0, 0.05) is 11.3 Å². The molecule has 5 rings (SSSR count). The quantitative estimate of drug-likeness (QED) is 0.454. The van der Waals surface area contributed by atoms with Gasteiger partial charge in [-0.15, -0.1) is 0 Å². The molecule has 0 spiro atoms. The molecule has 0 saturated heterocycles. The van der Waals surface area contributed by atoms with Crippen molar-refractivity contribution in [3.8, 4) is 22.6 Å². The highest BCUT2D eigenvalue weighted by Gasteiger charge is 2.19. The maximum Gasteiger partial charge on any atom is 0.230 e. The lowest BCUT2D eigenvalue weighted by Gasteiger charge is -2.07. The van der Waals surface area contributed by atoms with Crippen molar-refractivity contribution in [3.63, 3.8) is 0 Å². The molecular formula is C25H20N2O2. The normalized spacial score (nSPS) is 11.8. The fourth-order valence-electron chi connectivity index (χ4n) is 3.88. The predicted molar refractivity (Wildman–Crippen MR) is 114 cm³/mol. The van der Waals surface area contributed by atoms with Gasteiger partial charge in [-0.05, 0) is 59.9 Å². The molecule has 4 aromatic rings. The van der Waals surface area contributed by atoms with Crippen molar-refractivity contribution >= 4 is 11.6 Å². The van der Waals surface area contributed by atoms with Gasteiger partial charge in [0.05, 0.1) is 12.1 Å². The topological polar surface area (TPSA) is 55.1 Å². The Morgan fingerprint density at radius 3 is 2.59 bits per heavy atom. The van der Waals surface area contributed by atoms with E-state index in [0.29, 0.717) is 17.3 Å². The summed E-state index contributed by atoms with van der Waals surface area (Å²) in [5, 5.41) is 3.00. The summed E-state index contributed by atoms with van der Waals surface area (Å²) in [6.07, 6.45) is 1.08. The third-order valence-corrected chi connectivity index (χ3v) is 5.32. The first-order valence-electron chi connectivity index (χ1n) is 9.70. The number of aromatic nitrogens is 1. The lowest BCUT2D eigenvalue weighted by Crippen LogP contribution is -2.15. The molecule has 0 saturated carbocycles. The van der Waals surface area contributed by atoms with Crippen LogP contribution in [-0.4, -0.2) is 10.9 Å². The Hall–Kier alpha value is -3.66. The second kappa shape index (κ2) is 7.06. The molecule has 3 aromatic carbocycles. The molecule has 1 aromatic heterocycles. The van der Waals surface area contributed by atoms with Gasteiger partial charge in [0.25, 0.3) is 0 Å². The average molecular weight is 380 g/mol. The van der Waals surface area contributed by atoms with E-state index in [1.807, 2.05) is 43.3 Å². The molecule has 29 heavy (non-hydrogen) atoms. The molecule has 0 aliphatic heterocycles. The predicted octanol–water partition coefficient (Wildman–Crippen LogP) is 5.40. The number of nitrogens with zero attached hydrogens (tertiary/aromatic N) is 1. The van der Waals surface area contributed by atoms with E-state index in [1.54, 1.807) is 0 Å². The lowest BCUT2D eigenvalue weighted by molar-refractivity contribution is -0.115. The second-order valence-corrected chi connectivity index (χ2v) is 7.32. The Balaban J connectivity index is 1.31. The number of amides is 1. The van der Waals surface area contributed by atoms with Gasteiger partial charge in [-0.3, -0.25) is 4.79 Å². The van der Waals surface area contributed by atoms with Crippen LogP contribution in [0.2, 0.25) is 0 Å². The first kappa shape index (κ1) is 17.4. The number of aryl methyl sites for hydroxylation is 1. The van der Waals surface area contributed by atoms with Crippen LogP contribution in [0.1, 0.15) is 22.6 Å². The van der Waals surface area contributed by atoms with Gasteiger partial charge in [0.15, 0.2) is 0 Å². The van der Waals surface area contributed by atoms with Crippen molar-refractivity contribution in [1.82, 2.24) is 4.98 Å². The molecule has 1 heterocycles. The summed E-state index contributed by atoms with van der Waals surface area (Å²) in [4.78, 5) is 17.1. The summed E-state index contributed by atoms with van der Waals surface area (Å²) in [5.41, 5.74) is 7.48. The van der Waals surface area contributed by atoms with E-state index in [0.717, 1.165) is 17.7 Å². The molecule has 0 radical (unpaired) electrons. The molecular weight excluding hydrogens is 360 g/mol. The maximum absolute atomic E-state index is 12.6. The van der Waals surface area contributed by atoms with Crippen LogP contribution in [0.25, 0.3) is 22.6 Å². The van der Waals surface area contributed by atoms with Gasteiger partial charge in [-0.25, -0.2) is 4.98 Å². The van der Waals surface area contributed by atoms with Gasteiger partial charge in [0.1, 0.15) is 5.76 Å². The molecule has 1 aliphatic rings. The van der Waals surface area contributed by atoms with E-state index in [-0.39, 0.29) is 12.3 Å². The van der Waals surface area contributed by atoms with Crippen LogP contribution in [0.3, 0.4) is 0 Å². The minimum absolute atomic E-state index is 0.100. The van der Waals surface area contributed by atoms with Gasteiger partial charge in [0.2, 0.25) is 11.8 Å². The summed E-state index contributed by atoms with van der Waals surface area (Å²) in [5.74, 6) is 1.11. The fourth-order valence-corrected chi connectivity index (χ4v) is 3.88. The Morgan fingerprint density at radius 1 is 0.966 bits per heavy atom. The summed E-state index contributed by atoms with van der Waals surface area (Å²) in [7, 11) is 0. The van der Waals surface area contributed by atoms with E-state index < -0.39 is 0 Å². The number of anilines is 1. The molecule has 0 atom stereocenters. The van der Waals surface area contributed by atoms with E-state index in [1.165, 1.54) is 22.3 Å². The average Bonchev–Trinajstić information content (AvgIpc) is 3.28. The first-order chi connectivity index (χ1) is 14.2. The zero-order chi connectivity index (χ0) is 19.8. The van der Waals surface area contributed by atoms with Gasteiger partial charge in [-0.2, -0.15) is 0 Å². The number of nitrogens with one attached hydrogen (secondary N) is 1. The molecule has 4 heteroatoms. The number of rotatable bonds is 4. The van der Waals surface area contributed by atoms with Crippen LogP contribution in [0.4, 0.5) is 5.69 Å². The van der Waals surface area contributed by atoms with Gasteiger partial charge < -0.3 is 9.73 Å². The Morgan fingerprint density at radius 2 is 1.72 bits per heavy atom. The second-order valence-electron chi connectivity index (χ2n) is 7.32. The van der Waals surface area contributed by atoms with Crippen molar-refractivity contribution < 1.29 is 9.21 Å². The van der Waals surface area contributed by atoms with E-state index in [9.17, 15) is 4.79 Å². The Kier molecular flexibility index (Phi) is 4.24. The third-order valence-electron chi connectivity index (χ3n) is 5.32. The maximum atomic E-state index is 12.6. The largest absolute Gasteiger partial charge is 0.441 e. The SMILES string of the molecule is Cc1oc(-c2ccccc2)nc1CC(=O)Nc1ccc2c(c1)Cc1ccccc1-2. The molecule has 1 amide bonds. The Bertz CT molecular complexity index is 1210. The smallest absolute Gasteiger partial charge is 0.230 e. The summed E-state index contributed by atoms with van der Waals surface area (Å²) >= 11 is 0. The molecule has 0 bridgehead atoms. The van der Waals surface area contributed by atoms with Crippen molar-refractivity contribution in [3.05, 3.63) is 95.4 Å². The van der Waals surface area contributed by atoms with Gasteiger partial charge in [-0.1, -0.05) is 48.5 Å². The number of carbonyl (C=O) groups excluding carboxylic acids is 1. The number of hydrogen-bond acceptors (Lipinski definition) is 3. The summed E-state index contributed by atoms with van der Waals surface area (Å²) in [6.45, 7) is 1.84. The van der Waals surface area contributed by atoms with Crippen molar-refractivity contribution in [2.45, 2.75) is 19.8 Å². The zero-order valence-corrected chi connectivity index (χ0v) is 16.1. The molecule has 0 unspecified atom stereocenters. The number of carbonyl (C=O) groups is 1. The van der Waals surface area contributed by atoms with Crippen LogP contribution in [0, 0.1) is 6.92 Å². The van der Waals surface area contributed by atoms with Crippen molar-refractivity contribution in [2.75, 3.05) is 5.32 Å². The van der Waals surface area contributed by atoms with E-state index >= 15 is 0 Å². The molecule has 1 aliphatic carbocycles. The molecule has 0 fully saturated rings. The molecule has 4 nitrogen and oxygen atoms in total. The highest BCUT2D eigenvalue weighted by atomic mass is 16.4. The number of oxazole rings is 1. The van der Waals surface area contributed by atoms with Crippen LogP contribution < -0.4 is 5.32 Å². The minimum atomic E-state index is -0.100. The van der Waals surface area contributed by atoms with Crippen molar-refractivity contribution in [2.24, 2.45) is 0 Å². The van der Waals surface area contributed by atoms with Crippen molar-refractivity contribution in [1.29, 1.82) is 0 Å². The van der Waals surface area contributed by atoms with Crippen LogP contribution >= 0.6 is 0 Å². The highest BCUT2D eigenvalue weighted by molar-refractivity contribution is 5.93. The number of fused-ring (bicyclic) bond motifs is 3. The minimum Gasteiger partial charge on any atom is -0.441 e. The molecule has 1 N–H and O–H groups in total. The zero-order valence-electron chi connectivity index (χ0n) is 16.1. The van der Waals surface area contributed by atoms with Gasteiger partial charge >= 0.3 is 0 Å². The van der Waals surface area contributed by atoms with Crippen LogP contribution in [0.15, 0.2) is 77.2 Å². The van der Waals surface area contributed by atoms with E-state index in [4.69, 9.17) is 4.42 Å². The summed E-state index contributed by atoms with van der Waals surface area (Å²) in [6, 6.07) is 24.3. The summed E-state index contributed by atoms with van der Waals surface area (Å²) < 4.78 is 5.76. The molecule has 142 valence electrons. The lowest BCUT2D eigenvalue weighted by atomic mass is 10.1. The number of benzene rings is 3. The standard InChI is InChI=1S/C25H20N2O2/c1-16-23(27-25(29-16)17-7-3-2-4-8-17)15-24(28)26-20-11-12-22-19(14-20)13-18-9-5-6-10-21(18)22/h2-12,14H,13,15H2,1H3,(H,26,28). The van der Waals surface area contributed by atoms with E-state index in [2.05, 4.69) is 46.7 Å². The van der Waals surface area contributed by atoms with Crippen LogP contribution in [0.5, 0.6) is 0 Å². The number of hydrogen-bond donors (Lipinski definition) is 1. The Labute approximate surface area is 169 Å². The fraction of sp³-hybridized carbons (Fsp3) is 0.120. The van der Waals surface area contributed by atoms with Crippen LogP contribution in [-0.2, 0) is 17.6 Å². The monoisotopic (exact) mass is 380 g/mol. The third kappa shape index (κ3) is 3.34.